The fraction of sp³-hybridized carbons (Fsp3) is 0.333. The minimum atomic E-state index is -0.403. The fourth-order valence-corrected chi connectivity index (χ4v) is 1.91. The summed E-state index contributed by atoms with van der Waals surface area (Å²) in [5.74, 6) is -0.198. The number of rotatable bonds is 2. The molecule has 0 spiro atoms. The van der Waals surface area contributed by atoms with Crippen LogP contribution in [-0.2, 0) is 9.59 Å². The first-order valence-electron chi connectivity index (χ1n) is 5.52. The molecule has 1 aliphatic rings. The van der Waals surface area contributed by atoms with Crippen LogP contribution in [0.4, 0.5) is 11.4 Å². The monoisotopic (exact) mass is 233 g/mol. The summed E-state index contributed by atoms with van der Waals surface area (Å²) in [6, 6.07) is 6.79. The van der Waals surface area contributed by atoms with Crippen molar-refractivity contribution < 1.29 is 9.59 Å². The first kappa shape index (κ1) is 11.6. The SMILES string of the molecule is CC(=O)Nc1cccc(N2CCC(N)C2=O)c1. The van der Waals surface area contributed by atoms with Crippen LogP contribution in [0.15, 0.2) is 24.3 Å². The Morgan fingerprint density at radius 2 is 2.29 bits per heavy atom. The van der Waals surface area contributed by atoms with Crippen LogP contribution in [0.1, 0.15) is 13.3 Å². The third-order valence-electron chi connectivity index (χ3n) is 2.73. The zero-order valence-corrected chi connectivity index (χ0v) is 9.64. The van der Waals surface area contributed by atoms with E-state index in [1.165, 1.54) is 6.92 Å². The zero-order valence-electron chi connectivity index (χ0n) is 9.64. The summed E-state index contributed by atoms with van der Waals surface area (Å²) in [7, 11) is 0. The molecule has 0 aromatic heterocycles. The van der Waals surface area contributed by atoms with Crippen LogP contribution in [0.5, 0.6) is 0 Å². The molecule has 1 aliphatic heterocycles. The Kier molecular flexibility index (Phi) is 3.10. The van der Waals surface area contributed by atoms with E-state index >= 15 is 0 Å². The Labute approximate surface area is 99.6 Å². The van der Waals surface area contributed by atoms with E-state index in [1.807, 2.05) is 6.07 Å². The van der Waals surface area contributed by atoms with Crippen LogP contribution < -0.4 is 16.0 Å². The number of hydrogen-bond donors (Lipinski definition) is 2. The molecule has 17 heavy (non-hydrogen) atoms. The molecule has 1 saturated heterocycles. The van der Waals surface area contributed by atoms with Crippen molar-refractivity contribution >= 4 is 23.2 Å². The Bertz CT molecular complexity index is 459. The van der Waals surface area contributed by atoms with E-state index < -0.39 is 6.04 Å². The number of nitrogens with zero attached hydrogens (tertiary/aromatic N) is 1. The highest BCUT2D eigenvalue weighted by Gasteiger charge is 2.29. The molecule has 1 aromatic carbocycles. The Morgan fingerprint density at radius 3 is 2.88 bits per heavy atom. The molecule has 1 heterocycles. The second-order valence-corrected chi connectivity index (χ2v) is 4.12. The number of nitrogens with two attached hydrogens (primary N) is 1. The predicted octanol–water partition coefficient (Wildman–Crippen LogP) is 0.709. The largest absolute Gasteiger partial charge is 0.326 e. The first-order valence-corrected chi connectivity index (χ1v) is 5.52. The lowest BCUT2D eigenvalue weighted by molar-refractivity contribution is -0.118. The molecule has 1 aromatic rings. The van der Waals surface area contributed by atoms with Gasteiger partial charge >= 0.3 is 0 Å². The van der Waals surface area contributed by atoms with E-state index in [-0.39, 0.29) is 11.8 Å². The van der Waals surface area contributed by atoms with Crippen molar-refractivity contribution in [3.63, 3.8) is 0 Å². The molecule has 2 amide bonds. The van der Waals surface area contributed by atoms with Gasteiger partial charge in [0.2, 0.25) is 11.8 Å². The molecule has 90 valence electrons. The van der Waals surface area contributed by atoms with Crippen molar-refractivity contribution in [2.24, 2.45) is 5.73 Å². The van der Waals surface area contributed by atoms with Gasteiger partial charge in [-0.1, -0.05) is 6.07 Å². The molecular formula is C12H15N3O2. The summed E-state index contributed by atoms with van der Waals surface area (Å²) >= 11 is 0. The fourth-order valence-electron chi connectivity index (χ4n) is 1.91. The van der Waals surface area contributed by atoms with Crippen LogP contribution in [0.25, 0.3) is 0 Å². The molecular weight excluding hydrogens is 218 g/mol. The summed E-state index contributed by atoms with van der Waals surface area (Å²) in [6.07, 6.45) is 0.670. The molecule has 1 fully saturated rings. The van der Waals surface area contributed by atoms with E-state index in [9.17, 15) is 9.59 Å². The van der Waals surface area contributed by atoms with Gasteiger partial charge in [0.25, 0.3) is 0 Å². The standard InChI is InChI=1S/C12H15N3O2/c1-8(16)14-9-3-2-4-10(7-9)15-6-5-11(13)12(15)17/h2-4,7,11H,5-6,13H2,1H3,(H,14,16). The first-order chi connectivity index (χ1) is 8.08. The van der Waals surface area contributed by atoms with E-state index in [2.05, 4.69) is 5.32 Å². The van der Waals surface area contributed by atoms with Crippen molar-refractivity contribution in [3.05, 3.63) is 24.3 Å². The second-order valence-electron chi connectivity index (χ2n) is 4.12. The number of carbonyl (C=O) groups excluding carboxylic acids is 2. The van der Waals surface area contributed by atoms with Gasteiger partial charge in [-0.2, -0.15) is 0 Å². The van der Waals surface area contributed by atoms with E-state index in [0.29, 0.717) is 18.7 Å². The topological polar surface area (TPSA) is 75.4 Å². The van der Waals surface area contributed by atoms with Crippen molar-refractivity contribution in [3.8, 4) is 0 Å². The average molecular weight is 233 g/mol. The third-order valence-corrected chi connectivity index (χ3v) is 2.73. The van der Waals surface area contributed by atoms with Crippen LogP contribution in [-0.4, -0.2) is 24.4 Å². The van der Waals surface area contributed by atoms with E-state index in [4.69, 9.17) is 5.73 Å². The molecule has 3 N–H and O–H groups in total. The number of amides is 2. The molecule has 1 unspecified atom stereocenters. The quantitative estimate of drug-likeness (QED) is 0.789. The van der Waals surface area contributed by atoms with Gasteiger partial charge in [-0.3, -0.25) is 9.59 Å². The minimum absolute atomic E-state index is 0.0648. The molecule has 5 nitrogen and oxygen atoms in total. The highest BCUT2D eigenvalue weighted by molar-refractivity contribution is 6.00. The molecule has 1 atom stereocenters. The summed E-state index contributed by atoms with van der Waals surface area (Å²) in [6.45, 7) is 2.08. The molecule has 0 aliphatic carbocycles. The van der Waals surface area contributed by atoms with Gasteiger partial charge in [-0.15, -0.1) is 0 Å². The Balaban J connectivity index is 2.21. The number of carbonyl (C=O) groups is 2. The summed E-state index contributed by atoms with van der Waals surface area (Å²) in [5.41, 5.74) is 7.12. The lowest BCUT2D eigenvalue weighted by atomic mass is 10.2. The second kappa shape index (κ2) is 4.55. The van der Waals surface area contributed by atoms with Crippen molar-refractivity contribution in [2.75, 3.05) is 16.8 Å². The smallest absolute Gasteiger partial charge is 0.243 e. The molecule has 0 radical (unpaired) electrons. The average Bonchev–Trinajstić information content (AvgIpc) is 2.59. The maximum absolute atomic E-state index is 11.8. The number of hydrogen-bond acceptors (Lipinski definition) is 3. The van der Waals surface area contributed by atoms with Gasteiger partial charge in [0, 0.05) is 24.8 Å². The Hall–Kier alpha value is -1.88. The minimum Gasteiger partial charge on any atom is -0.326 e. The van der Waals surface area contributed by atoms with E-state index in [0.717, 1.165) is 5.69 Å². The summed E-state index contributed by atoms with van der Waals surface area (Å²) in [4.78, 5) is 24.4. The van der Waals surface area contributed by atoms with Crippen LogP contribution >= 0.6 is 0 Å². The van der Waals surface area contributed by atoms with Gasteiger partial charge < -0.3 is 16.0 Å². The van der Waals surface area contributed by atoms with Crippen molar-refractivity contribution in [1.29, 1.82) is 0 Å². The van der Waals surface area contributed by atoms with Crippen LogP contribution in [0, 0.1) is 0 Å². The summed E-state index contributed by atoms with van der Waals surface area (Å²) in [5, 5.41) is 2.69. The van der Waals surface area contributed by atoms with Crippen molar-refractivity contribution in [1.82, 2.24) is 0 Å². The van der Waals surface area contributed by atoms with Crippen LogP contribution in [0.2, 0.25) is 0 Å². The maximum atomic E-state index is 11.8. The number of benzene rings is 1. The molecule has 0 saturated carbocycles. The molecule has 2 rings (SSSR count). The van der Waals surface area contributed by atoms with Gasteiger partial charge in [-0.05, 0) is 24.6 Å². The van der Waals surface area contributed by atoms with Gasteiger partial charge in [-0.25, -0.2) is 0 Å². The van der Waals surface area contributed by atoms with E-state index in [1.54, 1.807) is 23.1 Å². The Morgan fingerprint density at radius 1 is 1.53 bits per heavy atom. The van der Waals surface area contributed by atoms with Crippen LogP contribution in [0.3, 0.4) is 0 Å². The summed E-state index contributed by atoms with van der Waals surface area (Å²) < 4.78 is 0. The lowest BCUT2D eigenvalue weighted by Crippen LogP contribution is -2.33. The highest BCUT2D eigenvalue weighted by atomic mass is 16.2. The van der Waals surface area contributed by atoms with Gasteiger partial charge in [0.05, 0.1) is 6.04 Å². The lowest BCUT2D eigenvalue weighted by Gasteiger charge is -2.17. The normalized spacial score (nSPS) is 19.5. The number of nitrogens with one attached hydrogen (secondary N) is 1. The van der Waals surface area contributed by atoms with Gasteiger partial charge in [0.15, 0.2) is 0 Å². The highest BCUT2D eigenvalue weighted by Crippen LogP contribution is 2.23. The maximum Gasteiger partial charge on any atom is 0.243 e. The number of anilines is 2. The zero-order chi connectivity index (χ0) is 12.4. The molecule has 5 heteroatoms. The molecule has 0 bridgehead atoms. The van der Waals surface area contributed by atoms with Gasteiger partial charge in [0.1, 0.15) is 0 Å². The van der Waals surface area contributed by atoms with Crippen molar-refractivity contribution in [2.45, 2.75) is 19.4 Å². The predicted molar refractivity (Wildman–Crippen MR) is 65.7 cm³/mol. The third kappa shape index (κ3) is 2.45.